The van der Waals surface area contributed by atoms with Gasteiger partial charge in [0.05, 0.1) is 14.2 Å². The molecule has 0 heterocycles. The van der Waals surface area contributed by atoms with Crippen molar-refractivity contribution in [1.29, 1.82) is 0 Å². The summed E-state index contributed by atoms with van der Waals surface area (Å²) in [7, 11) is 3.25. The highest BCUT2D eigenvalue weighted by atomic mass is 79.9. The zero-order chi connectivity index (χ0) is 14.7. The van der Waals surface area contributed by atoms with Gasteiger partial charge in [0.1, 0.15) is 16.0 Å². The molecule has 2 aromatic carbocycles. The summed E-state index contributed by atoms with van der Waals surface area (Å²) in [6, 6.07) is 9.60. The zero-order valence-electron chi connectivity index (χ0n) is 11.2. The van der Waals surface area contributed by atoms with E-state index >= 15 is 0 Å². The summed E-state index contributed by atoms with van der Waals surface area (Å²) < 4.78 is 11.5. The summed E-state index contributed by atoms with van der Waals surface area (Å²) in [4.78, 5) is 0. The van der Waals surface area contributed by atoms with Crippen LogP contribution in [0.15, 0.2) is 34.8 Å². The van der Waals surface area contributed by atoms with E-state index in [4.69, 9.17) is 26.8 Å². The lowest BCUT2D eigenvalue weighted by atomic mass is 10.0. The molecule has 2 rings (SSSR count). The molecule has 0 saturated heterocycles. The van der Waals surface area contributed by atoms with Crippen LogP contribution in [0, 0.1) is 0 Å². The van der Waals surface area contributed by atoms with Crippen LogP contribution in [-0.2, 0) is 6.54 Å². The Hall–Kier alpha value is -1.23. The highest BCUT2D eigenvalue weighted by Crippen LogP contribution is 2.42. The van der Waals surface area contributed by atoms with Crippen molar-refractivity contribution in [1.82, 2.24) is 0 Å². The molecular formula is C15H15BrClNO2. The predicted octanol–water partition coefficient (Wildman–Crippen LogP) is 4.25. The second-order valence-electron chi connectivity index (χ2n) is 4.17. The Morgan fingerprint density at radius 3 is 2.50 bits per heavy atom. The van der Waals surface area contributed by atoms with Gasteiger partial charge in [-0.05, 0) is 51.3 Å². The maximum atomic E-state index is 6.10. The Morgan fingerprint density at radius 1 is 1.15 bits per heavy atom. The average Bonchev–Trinajstić information content (AvgIpc) is 2.47. The largest absolute Gasteiger partial charge is 0.495 e. The Kier molecular flexibility index (Phi) is 4.91. The average molecular weight is 357 g/mol. The summed E-state index contributed by atoms with van der Waals surface area (Å²) in [6.07, 6.45) is 0. The van der Waals surface area contributed by atoms with Gasteiger partial charge in [-0.2, -0.15) is 0 Å². The summed E-state index contributed by atoms with van der Waals surface area (Å²) >= 11 is 9.59. The normalized spacial score (nSPS) is 10.4. The van der Waals surface area contributed by atoms with Gasteiger partial charge in [0.25, 0.3) is 0 Å². The molecule has 2 N–H and O–H groups in total. The van der Waals surface area contributed by atoms with Crippen LogP contribution in [0.1, 0.15) is 5.56 Å². The van der Waals surface area contributed by atoms with Crippen LogP contribution in [0.2, 0.25) is 5.02 Å². The van der Waals surface area contributed by atoms with Crippen LogP contribution in [0.3, 0.4) is 0 Å². The van der Waals surface area contributed by atoms with Crippen molar-refractivity contribution >= 4 is 27.5 Å². The van der Waals surface area contributed by atoms with Gasteiger partial charge in [-0.3, -0.25) is 0 Å². The van der Waals surface area contributed by atoms with Gasteiger partial charge >= 0.3 is 0 Å². The molecule has 3 nitrogen and oxygen atoms in total. The van der Waals surface area contributed by atoms with Crippen LogP contribution in [0.5, 0.6) is 11.5 Å². The van der Waals surface area contributed by atoms with E-state index in [0.717, 1.165) is 32.7 Å². The number of hydrogen-bond acceptors (Lipinski definition) is 3. The SMILES string of the molecule is COc1ccc(-c2ccc(Cl)c(CN)c2)c(OC)c1Br. The minimum absolute atomic E-state index is 0.395. The Balaban J connectivity index is 2.60. The van der Waals surface area contributed by atoms with E-state index in [9.17, 15) is 0 Å². The molecule has 0 bridgehead atoms. The van der Waals surface area contributed by atoms with Crippen LogP contribution in [-0.4, -0.2) is 14.2 Å². The summed E-state index contributed by atoms with van der Waals surface area (Å²) in [6.45, 7) is 0.395. The van der Waals surface area contributed by atoms with Crippen molar-refractivity contribution in [2.24, 2.45) is 5.73 Å². The summed E-state index contributed by atoms with van der Waals surface area (Å²) in [5.41, 5.74) is 8.55. The number of benzene rings is 2. The minimum atomic E-state index is 0.395. The van der Waals surface area contributed by atoms with E-state index in [1.807, 2.05) is 30.3 Å². The van der Waals surface area contributed by atoms with E-state index < -0.39 is 0 Å². The van der Waals surface area contributed by atoms with Crippen LogP contribution < -0.4 is 15.2 Å². The second kappa shape index (κ2) is 6.48. The lowest BCUT2D eigenvalue weighted by Crippen LogP contribution is -1.98. The van der Waals surface area contributed by atoms with E-state index in [1.54, 1.807) is 14.2 Å². The maximum absolute atomic E-state index is 6.10. The monoisotopic (exact) mass is 355 g/mol. The fourth-order valence-corrected chi connectivity index (χ4v) is 2.89. The molecule has 0 aromatic heterocycles. The Labute approximate surface area is 131 Å². The second-order valence-corrected chi connectivity index (χ2v) is 5.37. The van der Waals surface area contributed by atoms with Crippen LogP contribution in [0.25, 0.3) is 11.1 Å². The number of nitrogens with two attached hydrogens (primary N) is 1. The Morgan fingerprint density at radius 2 is 1.90 bits per heavy atom. The lowest BCUT2D eigenvalue weighted by Gasteiger charge is -2.14. The molecule has 0 atom stereocenters. The summed E-state index contributed by atoms with van der Waals surface area (Å²) in [5.74, 6) is 1.44. The molecular weight excluding hydrogens is 342 g/mol. The quantitative estimate of drug-likeness (QED) is 0.891. The number of methoxy groups -OCH3 is 2. The first-order chi connectivity index (χ1) is 9.62. The topological polar surface area (TPSA) is 44.5 Å². The smallest absolute Gasteiger partial charge is 0.144 e. The highest BCUT2D eigenvalue weighted by molar-refractivity contribution is 9.10. The fourth-order valence-electron chi connectivity index (χ4n) is 2.02. The van der Waals surface area contributed by atoms with Gasteiger partial charge in [-0.1, -0.05) is 17.7 Å². The van der Waals surface area contributed by atoms with Crippen molar-refractivity contribution < 1.29 is 9.47 Å². The molecule has 0 radical (unpaired) electrons. The number of ether oxygens (including phenoxy) is 2. The molecule has 106 valence electrons. The van der Waals surface area contributed by atoms with Crippen molar-refractivity contribution in [3.63, 3.8) is 0 Å². The van der Waals surface area contributed by atoms with Crippen molar-refractivity contribution in [3.05, 3.63) is 45.4 Å². The molecule has 0 amide bonds. The molecule has 0 aliphatic carbocycles. The number of rotatable bonds is 4. The van der Waals surface area contributed by atoms with Crippen LogP contribution in [0.4, 0.5) is 0 Å². The van der Waals surface area contributed by atoms with Crippen molar-refractivity contribution in [2.45, 2.75) is 6.54 Å². The lowest BCUT2D eigenvalue weighted by molar-refractivity contribution is 0.390. The zero-order valence-corrected chi connectivity index (χ0v) is 13.6. The highest BCUT2D eigenvalue weighted by Gasteiger charge is 2.14. The molecule has 0 aliphatic heterocycles. The van der Waals surface area contributed by atoms with Gasteiger partial charge in [-0.25, -0.2) is 0 Å². The van der Waals surface area contributed by atoms with Gasteiger partial charge in [0.15, 0.2) is 0 Å². The number of hydrogen-bond donors (Lipinski definition) is 1. The third kappa shape index (κ3) is 2.77. The maximum Gasteiger partial charge on any atom is 0.144 e. The molecule has 20 heavy (non-hydrogen) atoms. The van der Waals surface area contributed by atoms with E-state index in [2.05, 4.69) is 15.9 Å². The first-order valence-corrected chi connectivity index (χ1v) is 7.18. The van der Waals surface area contributed by atoms with E-state index in [-0.39, 0.29) is 0 Å². The third-order valence-electron chi connectivity index (χ3n) is 3.06. The standard InChI is InChI=1S/C15H15BrClNO2/c1-19-13-6-4-11(15(20-2)14(13)16)9-3-5-12(17)10(7-9)8-18/h3-7H,8,18H2,1-2H3. The molecule has 0 unspecified atom stereocenters. The molecule has 0 aliphatic rings. The van der Waals surface area contributed by atoms with Crippen molar-refractivity contribution in [2.75, 3.05) is 14.2 Å². The first-order valence-electron chi connectivity index (χ1n) is 6.01. The summed E-state index contributed by atoms with van der Waals surface area (Å²) in [5, 5.41) is 0.669. The Bertz CT molecular complexity index is 632. The first kappa shape index (κ1) is 15.2. The third-order valence-corrected chi connectivity index (χ3v) is 4.18. The van der Waals surface area contributed by atoms with Crippen molar-refractivity contribution in [3.8, 4) is 22.6 Å². The van der Waals surface area contributed by atoms with E-state index in [1.165, 1.54) is 0 Å². The van der Waals surface area contributed by atoms with Gasteiger partial charge in [-0.15, -0.1) is 0 Å². The molecule has 5 heteroatoms. The molecule has 0 spiro atoms. The molecule has 0 saturated carbocycles. The fraction of sp³-hybridized carbons (Fsp3) is 0.200. The molecule has 2 aromatic rings. The van der Waals surface area contributed by atoms with Crippen LogP contribution >= 0.6 is 27.5 Å². The molecule has 0 fully saturated rings. The minimum Gasteiger partial charge on any atom is -0.495 e. The van der Waals surface area contributed by atoms with Gasteiger partial charge in [0.2, 0.25) is 0 Å². The van der Waals surface area contributed by atoms with Gasteiger partial charge < -0.3 is 15.2 Å². The predicted molar refractivity (Wildman–Crippen MR) is 85.6 cm³/mol. The van der Waals surface area contributed by atoms with Gasteiger partial charge in [0, 0.05) is 17.1 Å². The van der Waals surface area contributed by atoms with E-state index in [0.29, 0.717) is 11.6 Å². The number of halogens is 2.